The average Bonchev–Trinajstić information content (AvgIpc) is 3.49. The van der Waals surface area contributed by atoms with Crippen molar-refractivity contribution in [3.63, 3.8) is 0 Å². The summed E-state index contributed by atoms with van der Waals surface area (Å²) < 4.78 is 25.1. The molecule has 0 aromatic heterocycles. The van der Waals surface area contributed by atoms with E-state index in [1.54, 1.807) is 17.0 Å². The third-order valence-corrected chi connectivity index (χ3v) is 7.47. The van der Waals surface area contributed by atoms with Crippen LogP contribution in [0.4, 0.5) is 4.39 Å². The van der Waals surface area contributed by atoms with Crippen LogP contribution in [-0.4, -0.2) is 42.0 Å². The summed E-state index contributed by atoms with van der Waals surface area (Å²) in [6, 6.07) is 21.1. The minimum absolute atomic E-state index is 0.129. The smallest absolute Gasteiger partial charge is 0.243 e. The Balaban J connectivity index is 1.59. The van der Waals surface area contributed by atoms with Crippen molar-refractivity contribution in [2.45, 2.75) is 77.4 Å². The lowest BCUT2D eigenvalue weighted by Crippen LogP contribution is -2.52. The predicted molar refractivity (Wildman–Crippen MR) is 158 cm³/mol. The standard InChI is InChI=1S/C34H41FN2O4/c1-3-40-31-20-16-26(23-32(31)41-4-2)17-21-33(38)37(24-27-14-18-28(35)19-15-27)30(22-25-10-6-5-7-11-25)34(39)36-29-12-8-9-13-29/h5-7,10-11,14-16,18-20,23,29-30H,3-4,8-9,12-13,17,21-22,24H2,1-2H3,(H,36,39)/t30-/m0/s1. The van der Waals surface area contributed by atoms with Gasteiger partial charge >= 0.3 is 0 Å². The van der Waals surface area contributed by atoms with E-state index in [2.05, 4.69) is 5.32 Å². The Morgan fingerprint density at radius 2 is 1.54 bits per heavy atom. The van der Waals surface area contributed by atoms with Crippen molar-refractivity contribution in [1.82, 2.24) is 10.2 Å². The van der Waals surface area contributed by atoms with Gasteiger partial charge in [-0.3, -0.25) is 9.59 Å². The number of benzene rings is 3. The Hall–Kier alpha value is -3.87. The van der Waals surface area contributed by atoms with Gasteiger partial charge in [-0.25, -0.2) is 4.39 Å². The number of amides is 2. The summed E-state index contributed by atoms with van der Waals surface area (Å²) in [4.78, 5) is 29.4. The van der Waals surface area contributed by atoms with Crippen molar-refractivity contribution in [1.29, 1.82) is 0 Å². The van der Waals surface area contributed by atoms with Crippen molar-refractivity contribution in [2.75, 3.05) is 13.2 Å². The fourth-order valence-corrected chi connectivity index (χ4v) is 5.35. The van der Waals surface area contributed by atoms with Crippen LogP contribution in [0, 0.1) is 5.82 Å². The number of nitrogens with one attached hydrogen (secondary N) is 1. The van der Waals surface area contributed by atoms with Crippen molar-refractivity contribution in [3.8, 4) is 11.5 Å². The molecule has 3 aromatic rings. The van der Waals surface area contributed by atoms with Gasteiger partial charge in [0.2, 0.25) is 11.8 Å². The number of hydrogen-bond acceptors (Lipinski definition) is 4. The molecule has 0 saturated heterocycles. The lowest BCUT2D eigenvalue weighted by atomic mass is 10.0. The molecule has 3 aromatic carbocycles. The zero-order valence-corrected chi connectivity index (χ0v) is 24.1. The molecule has 0 heterocycles. The molecule has 41 heavy (non-hydrogen) atoms. The lowest BCUT2D eigenvalue weighted by molar-refractivity contribution is -0.141. The molecule has 0 bridgehead atoms. The summed E-state index contributed by atoms with van der Waals surface area (Å²) in [6.07, 6.45) is 5.18. The van der Waals surface area contributed by atoms with E-state index in [0.29, 0.717) is 37.6 Å². The normalized spacial score (nSPS) is 13.9. The molecule has 0 spiro atoms. The third kappa shape index (κ3) is 8.81. The van der Waals surface area contributed by atoms with Crippen LogP contribution >= 0.6 is 0 Å². The minimum Gasteiger partial charge on any atom is -0.490 e. The van der Waals surface area contributed by atoms with Crippen LogP contribution in [0.2, 0.25) is 0 Å². The Morgan fingerprint density at radius 3 is 2.22 bits per heavy atom. The van der Waals surface area contributed by atoms with Gasteiger partial charge in [0.1, 0.15) is 11.9 Å². The molecule has 0 unspecified atom stereocenters. The number of hydrogen-bond donors (Lipinski definition) is 1. The Labute approximate surface area is 242 Å². The number of carbonyl (C=O) groups excluding carboxylic acids is 2. The summed E-state index contributed by atoms with van der Waals surface area (Å²) >= 11 is 0. The fraction of sp³-hybridized carbons (Fsp3) is 0.412. The van der Waals surface area contributed by atoms with E-state index < -0.39 is 6.04 Å². The van der Waals surface area contributed by atoms with Crippen LogP contribution in [0.1, 0.15) is 62.6 Å². The molecule has 1 saturated carbocycles. The molecule has 4 rings (SSSR count). The van der Waals surface area contributed by atoms with Crippen LogP contribution in [0.25, 0.3) is 0 Å². The van der Waals surface area contributed by atoms with E-state index in [4.69, 9.17) is 9.47 Å². The van der Waals surface area contributed by atoms with Crippen molar-refractivity contribution in [3.05, 3.63) is 95.3 Å². The SMILES string of the molecule is CCOc1ccc(CCC(=O)N(Cc2ccc(F)cc2)[C@@H](Cc2ccccc2)C(=O)NC2CCCC2)cc1OCC. The summed E-state index contributed by atoms with van der Waals surface area (Å²) in [5, 5.41) is 3.22. The summed E-state index contributed by atoms with van der Waals surface area (Å²) in [7, 11) is 0. The average molecular weight is 561 g/mol. The quantitative estimate of drug-likeness (QED) is 0.253. The highest BCUT2D eigenvalue weighted by molar-refractivity contribution is 5.88. The molecule has 1 aliphatic carbocycles. The van der Waals surface area contributed by atoms with Crippen LogP contribution in [0.5, 0.6) is 11.5 Å². The van der Waals surface area contributed by atoms with E-state index in [0.717, 1.165) is 42.4 Å². The summed E-state index contributed by atoms with van der Waals surface area (Å²) in [6.45, 7) is 5.09. The first kappa shape index (κ1) is 30.1. The molecule has 218 valence electrons. The third-order valence-electron chi connectivity index (χ3n) is 7.47. The summed E-state index contributed by atoms with van der Waals surface area (Å²) in [5.74, 6) is 0.709. The highest BCUT2D eigenvalue weighted by atomic mass is 19.1. The van der Waals surface area contributed by atoms with Gasteiger partial charge in [-0.15, -0.1) is 0 Å². The van der Waals surface area contributed by atoms with Gasteiger partial charge in [-0.2, -0.15) is 0 Å². The zero-order valence-electron chi connectivity index (χ0n) is 24.1. The molecular formula is C34H41FN2O4. The van der Waals surface area contributed by atoms with Crippen LogP contribution < -0.4 is 14.8 Å². The largest absolute Gasteiger partial charge is 0.490 e. The fourth-order valence-electron chi connectivity index (χ4n) is 5.35. The molecule has 6 nitrogen and oxygen atoms in total. The minimum atomic E-state index is -0.699. The van der Waals surface area contributed by atoms with E-state index >= 15 is 0 Å². The molecule has 2 amide bonds. The molecule has 1 aliphatic rings. The van der Waals surface area contributed by atoms with Gasteiger partial charge in [0.15, 0.2) is 11.5 Å². The van der Waals surface area contributed by atoms with Gasteiger partial charge in [-0.1, -0.05) is 61.4 Å². The summed E-state index contributed by atoms with van der Waals surface area (Å²) in [5.41, 5.74) is 2.69. The van der Waals surface area contributed by atoms with Crippen LogP contribution in [0.15, 0.2) is 72.8 Å². The Bertz CT molecular complexity index is 1260. The molecular weight excluding hydrogens is 519 g/mol. The van der Waals surface area contributed by atoms with Gasteiger partial charge < -0.3 is 19.7 Å². The first-order valence-electron chi connectivity index (χ1n) is 14.7. The first-order chi connectivity index (χ1) is 20.0. The van der Waals surface area contributed by atoms with Gasteiger partial charge in [0, 0.05) is 25.4 Å². The Kier molecular flexibility index (Phi) is 11.2. The number of aryl methyl sites for hydroxylation is 1. The zero-order chi connectivity index (χ0) is 29.0. The van der Waals surface area contributed by atoms with Crippen LogP contribution in [0.3, 0.4) is 0 Å². The highest BCUT2D eigenvalue weighted by Gasteiger charge is 2.32. The van der Waals surface area contributed by atoms with E-state index in [9.17, 15) is 14.0 Å². The second kappa shape index (κ2) is 15.2. The topological polar surface area (TPSA) is 67.9 Å². The van der Waals surface area contributed by atoms with E-state index in [1.165, 1.54) is 12.1 Å². The first-order valence-corrected chi connectivity index (χ1v) is 14.7. The molecule has 7 heteroatoms. The highest BCUT2D eigenvalue weighted by Crippen LogP contribution is 2.29. The lowest BCUT2D eigenvalue weighted by Gasteiger charge is -2.32. The van der Waals surface area contributed by atoms with Crippen LogP contribution in [-0.2, 0) is 29.0 Å². The maximum atomic E-state index is 14.0. The van der Waals surface area contributed by atoms with Crippen molar-refractivity contribution < 1.29 is 23.5 Å². The molecule has 1 N–H and O–H groups in total. The monoisotopic (exact) mass is 560 g/mol. The van der Waals surface area contributed by atoms with E-state index in [1.807, 2.05) is 62.4 Å². The van der Waals surface area contributed by atoms with Gasteiger partial charge in [0.05, 0.1) is 13.2 Å². The van der Waals surface area contributed by atoms with Crippen molar-refractivity contribution in [2.24, 2.45) is 0 Å². The van der Waals surface area contributed by atoms with E-state index in [-0.39, 0.29) is 36.6 Å². The number of nitrogens with zero attached hydrogens (tertiary/aromatic N) is 1. The number of rotatable bonds is 14. The Morgan fingerprint density at radius 1 is 0.878 bits per heavy atom. The second-order valence-corrected chi connectivity index (χ2v) is 10.5. The molecule has 1 atom stereocenters. The van der Waals surface area contributed by atoms with Gasteiger partial charge in [-0.05, 0) is 74.1 Å². The molecule has 0 aliphatic heterocycles. The number of ether oxygens (including phenoxy) is 2. The second-order valence-electron chi connectivity index (χ2n) is 10.5. The predicted octanol–water partition coefficient (Wildman–Crippen LogP) is 6.25. The number of carbonyl (C=O) groups is 2. The maximum absolute atomic E-state index is 14.0. The molecule has 1 fully saturated rings. The number of halogens is 1. The van der Waals surface area contributed by atoms with Gasteiger partial charge in [0.25, 0.3) is 0 Å². The molecule has 0 radical (unpaired) electrons. The maximum Gasteiger partial charge on any atom is 0.243 e. The van der Waals surface area contributed by atoms with Crippen molar-refractivity contribution >= 4 is 11.8 Å².